The van der Waals surface area contributed by atoms with Crippen LogP contribution in [0.3, 0.4) is 0 Å². The van der Waals surface area contributed by atoms with Gasteiger partial charge in [-0.3, -0.25) is 32.9 Å². The molecule has 1 unspecified atom stereocenters. The van der Waals surface area contributed by atoms with Crippen LogP contribution in [0.25, 0.3) is 11.0 Å². The number of nitrogen functional groups attached to an aromatic ring is 1. The maximum Gasteiger partial charge on any atom is 0.474 e. The number of nitrogens with one attached hydrogen (secondary N) is 1. The van der Waals surface area contributed by atoms with E-state index in [1.807, 2.05) is 0 Å². The molecule has 0 spiro atoms. The molecular weight excluding hydrogens is 595 g/mol. The van der Waals surface area contributed by atoms with Crippen LogP contribution in [0, 0.1) is 10.8 Å². The predicted molar refractivity (Wildman–Crippen MR) is 159 cm³/mol. The van der Waals surface area contributed by atoms with E-state index in [1.165, 1.54) is 4.57 Å². The number of aromatic amines is 1. The van der Waals surface area contributed by atoms with Crippen molar-refractivity contribution in [2.24, 2.45) is 10.8 Å². The number of aliphatic hydroxyl groups is 1. The first kappa shape index (κ1) is 33.8. The highest BCUT2D eigenvalue weighted by molar-refractivity contribution is 8.14. The third-order valence-corrected chi connectivity index (χ3v) is 9.77. The number of phosphoric acid groups is 1. The zero-order chi connectivity index (χ0) is 30.6. The second-order valence-corrected chi connectivity index (χ2v) is 15.3. The molecule has 2 aromatic rings. The molecule has 230 valence electrons. The largest absolute Gasteiger partial charge is 0.474 e. The number of nitrogens with zero attached hydrogens (tertiary/aromatic N) is 2. The lowest BCUT2D eigenvalue weighted by molar-refractivity contribution is -0.118. The molecule has 0 bridgehead atoms. The Morgan fingerprint density at radius 2 is 1.68 bits per heavy atom. The minimum Gasteiger partial charge on any atom is -0.388 e. The number of hydrogen-bond donors (Lipinski definition) is 3. The van der Waals surface area contributed by atoms with Gasteiger partial charge in [0.25, 0.3) is 5.56 Å². The summed E-state index contributed by atoms with van der Waals surface area (Å²) in [4.78, 5) is 43.1. The second-order valence-electron chi connectivity index (χ2n) is 11.5. The number of hydrogen-bond acceptors (Lipinski definition) is 13. The van der Waals surface area contributed by atoms with Crippen molar-refractivity contribution in [3.8, 4) is 0 Å². The Morgan fingerprint density at radius 3 is 2.22 bits per heavy atom. The Hall–Kier alpha value is -1.71. The lowest BCUT2D eigenvalue weighted by Crippen LogP contribution is -2.20. The van der Waals surface area contributed by atoms with Crippen LogP contribution in [0.1, 0.15) is 54.2 Å². The molecule has 0 amide bonds. The number of aromatic nitrogens is 3. The van der Waals surface area contributed by atoms with Crippen LogP contribution in [0.15, 0.2) is 17.1 Å². The number of carbonyl (C=O) groups is 2. The first-order chi connectivity index (χ1) is 19.0. The van der Waals surface area contributed by atoms with Crippen molar-refractivity contribution in [1.29, 1.82) is 0 Å². The van der Waals surface area contributed by atoms with Gasteiger partial charge in [0.15, 0.2) is 22.1 Å². The molecular formula is C25H39N4O9PS2. The van der Waals surface area contributed by atoms with Crippen molar-refractivity contribution in [1.82, 2.24) is 14.5 Å². The maximum absolute atomic E-state index is 13.5. The highest BCUT2D eigenvalue weighted by Crippen LogP contribution is 2.50. The third-order valence-electron chi connectivity index (χ3n) is 5.81. The van der Waals surface area contributed by atoms with Crippen LogP contribution in [0.5, 0.6) is 0 Å². The van der Waals surface area contributed by atoms with Crippen molar-refractivity contribution in [2.75, 3.05) is 37.1 Å². The van der Waals surface area contributed by atoms with Crippen molar-refractivity contribution >= 4 is 58.6 Å². The Kier molecular flexibility index (Phi) is 11.3. The average molecular weight is 635 g/mol. The molecule has 3 rings (SSSR count). The van der Waals surface area contributed by atoms with E-state index < -0.39 is 42.6 Å². The topological polar surface area (TPSA) is 185 Å². The van der Waals surface area contributed by atoms with Gasteiger partial charge in [-0.2, -0.15) is 4.98 Å². The summed E-state index contributed by atoms with van der Waals surface area (Å²) in [6, 6.07) is 1.54. The summed E-state index contributed by atoms with van der Waals surface area (Å²) in [5.41, 5.74) is 4.45. The van der Waals surface area contributed by atoms with Crippen molar-refractivity contribution in [3.63, 3.8) is 0 Å². The van der Waals surface area contributed by atoms with Gasteiger partial charge in [0.05, 0.1) is 31.3 Å². The van der Waals surface area contributed by atoms with Gasteiger partial charge in [0.1, 0.15) is 6.10 Å². The summed E-state index contributed by atoms with van der Waals surface area (Å²) in [6.07, 6.45) is -0.873. The van der Waals surface area contributed by atoms with Gasteiger partial charge in [-0.1, -0.05) is 65.1 Å². The lowest BCUT2D eigenvalue weighted by atomic mass is 9.99. The molecule has 16 heteroatoms. The van der Waals surface area contributed by atoms with Crippen LogP contribution < -0.4 is 11.3 Å². The SMILES string of the molecule is CC(C)(C)C(=O)SCCOP(=O)(OCCSC(=O)C(C)(C)C)OC[C@@H]1C[C@@H](O)C(n2ccc3c(=O)[nH]c(N)nc32)O1. The number of ether oxygens (including phenoxy) is 1. The van der Waals surface area contributed by atoms with E-state index in [-0.39, 0.29) is 65.0 Å². The van der Waals surface area contributed by atoms with Gasteiger partial charge in [-0.25, -0.2) is 4.57 Å². The number of phosphoric ester groups is 1. The molecule has 13 nitrogen and oxygen atoms in total. The van der Waals surface area contributed by atoms with Crippen LogP contribution in [-0.4, -0.2) is 73.4 Å². The van der Waals surface area contributed by atoms with E-state index >= 15 is 0 Å². The zero-order valence-corrected chi connectivity index (χ0v) is 26.6. The molecule has 1 aliphatic rings. The van der Waals surface area contributed by atoms with Gasteiger partial charge in [0.2, 0.25) is 5.95 Å². The Balaban J connectivity index is 1.62. The number of thioether (sulfide) groups is 2. The molecule has 41 heavy (non-hydrogen) atoms. The fourth-order valence-electron chi connectivity index (χ4n) is 3.64. The van der Waals surface area contributed by atoms with E-state index in [2.05, 4.69) is 9.97 Å². The van der Waals surface area contributed by atoms with E-state index in [0.29, 0.717) is 0 Å². The predicted octanol–water partition coefficient (Wildman–Crippen LogP) is 3.72. The number of carbonyl (C=O) groups excluding carboxylic acids is 2. The van der Waals surface area contributed by atoms with E-state index in [0.717, 1.165) is 23.5 Å². The Morgan fingerprint density at radius 1 is 1.12 bits per heavy atom. The summed E-state index contributed by atoms with van der Waals surface area (Å²) < 4.78 is 37.5. The van der Waals surface area contributed by atoms with Crippen LogP contribution in [0.2, 0.25) is 0 Å². The number of fused-ring (bicyclic) bond motifs is 1. The monoisotopic (exact) mass is 634 g/mol. The molecule has 0 aliphatic carbocycles. The van der Waals surface area contributed by atoms with Crippen LogP contribution >= 0.6 is 31.3 Å². The van der Waals surface area contributed by atoms with Gasteiger partial charge < -0.3 is 20.1 Å². The van der Waals surface area contributed by atoms with Crippen LogP contribution in [-0.2, 0) is 32.5 Å². The normalized spacial score (nSPS) is 20.1. The van der Waals surface area contributed by atoms with E-state index in [4.69, 9.17) is 24.0 Å². The molecule has 0 radical (unpaired) electrons. The standard InChI is InChI=1S/C25H39N4O9PS2/c1-24(2,3)21(32)40-11-9-35-39(34,36-10-12-41-22(33)25(4,5)6)37-14-15-13-17(30)20(38-15)29-8-7-16-18(29)27-23(26)28-19(16)31/h7-8,15,17,20,30H,9-14H2,1-6H3,(H3,26,27,28,31)/t15-,17+,20?/m0/s1. The highest BCUT2D eigenvalue weighted by Gasteiger charge is 2.38. The summed E-state index contributed by atoms with van der Waals surface area (Å²) >= 11 is 2.12. The van der Waals surface area contributed by atoms with Gasteiger partial charge in [0, 0.05) is 35.0 Å². The van der Waals surface area contributed by atoms with Crippen molar-refractivity contribution in [3.05, 3.63) is 22.6 Å². The summed E-state index contributed by atoms with van der Waals surface area (Å²) in [5.74, 6) is 0.399. The maximum atomic E-state index is 13.5. The van der Waals surface area contributed by atoms with Crippen molar-refractivity contribution < 1.29 is 37.6 Å². The molecule has 1 fully saturated rings. The quantitative estimate of drug-likeness (QED) is 0.227. The molecule has 4 N–H and O–H groups in total. The molecule has 3 heterocycles. The fraction of sp³-hybridized carbons (Fsp3) is 0.680. The first-order valence-corrected chi connectivity index (χ1v) is 16.5. The average Bonchev–Trinajstić information content (AvgIpc) is 3.44. The molecule has 3 atom stereocenters. The Bertz CT molecular complexity index is 1300. The van der Waals surface area contributed by atoms with Gasteiger partial charge >= 0.3 is 7.82 Å². The molecule has 2 aromatic heterocycles. The van der Waals surface area contributed by atoms with Gasteiger partial charge in [-0.05, 0) is 6.07 Å². The summed E-state index contributed by atoms with van der Waals surface area (Å²) in [6.45, 7) is 10.4. The molecule has 0 saturated carbocycles. The summed E-state index contributed by atoms with van der Waals surface area (Å²) in [7, 11) is -4.12. The number of nitrogens with two attached hydrogens (primary N) is 1. The Labute approximate surface area is 247 Å². The smallest absolute Gasteiger partial charge is 0.388 e. The number of aliphatic hydroxyl groups excluding tert-OH is 1. The van der Waals surface area contributed by atoms with Crippen molar-refractivity contribution in [2.45, 2.75) is 66.4 Å². The number of anilines is 1. The molecule has 0 aromatic carbocycles. The number of rotatable bonds is 12. The minimum absolute atomic E-state index is 0.0370. The minimum atomic E-state index is -4.12. The third kappa shape index (κ3) is 9.39. The fourth-order valence-corrected chi connectivity index (χ4v) is 6.66. The lowest BCUT2D eigenvalue weighted by Gasteiger charge is -2.21. The molecule has 1 aliphatic heterocycles. The van der Waals surface area contributed by atoms with E-state index in [9.17, 15) is 24.1 Å². The van der Waals surface area contributed by atoms with Crippen LogP contribution in [0.4, 0.5) is 5.95 Å². The highest BCUT2D eigenvalue weighted by atomic mass is 32.2. The number of H-pyrrole nitrogens is 1. The molecule has 1 saturated heterocycles. The van der Waals surface area contributed by atoms with E-state index in [1.54, 1.807) is 53.8 Å². The second kappa shape index (κ2) is 13.7. The zero-order valence-electron chi connectivity index (χ0n) is 24.1. The first-order valence-electron chi connectivity index (χ1n) is 13.1. The van der Waals surface area contributed by atoms with Gasteiger partial charge in [-0.15, -0.1) is 0 Å². The summed E-state index contributed by atoms with van der Waals surface area (Å²) in [5, 5.41) is 10.9.